The predicted molar refractivity (Wildman–Crippen MR) is 103 cm³/mol. The summed E-state index contributed by atoms with van der Waals surface area (Å²) in [6.45, 7) is 0. The number of benzene rings is 5. The average Bonchev–Trinajstić information content (AvgIpc) is 2.67. The molecule has 0 atom stereocenters. The van der Waals surface area contributed by atoms with Crippen molar-refractivity contribution in [1.29, 1.82) is 0 Å². The first-order valence-corrected chi connectivity index (χ1v) is 8.21. The van der Waals surface area contributed by atoms with E-state index in [4.69, 9.17) is 0 Å². The van der Waals surface area contributed by atoms with Crippen LogP contribution in [-0.2, 0) is 0 Å². The van der Waals surface area contributed by atoms with Crippen LogP contribution in [0.5, 0.6) is 0 Å². The van der Waals surface area contributed by atoms with E-state index in [1.165, 1.54) is 38.1 Å². The van der Waals surface area contributed by atoms with E-state index in [0.29, 0.717) is 0 Å². The van der Waals surface area contributed by atoms with Crippen molar-refractivity contribution in [3.8, 4) is 11.1 Å². The fourth-order valence-corrected chi connectivity index (χ4v) is 3.58. The fraction of sp³-hybridized carbons (Fsp3) is 0. The molecule has 24 heavy (non-hydrogen) atoms. The molecule has 5 rings (SSSR count). The smallest absolute Gasteiger partial charge is 0.00988 e. The predicted octanol–water partition coefficient (Wildman–Crippen LogP) is 6.61. The van der Waals surface area contributed by atoms with Gasteiger partial charge in [-0.2, -0.15) is 0 Å². The monoisotopic (exact) mass is 303 g/mol. The van der Waals surface area contributed by atoms with Crippen LogP contribution in [0, 0.1) is 6.07 Å². The molecule has 111 valence electrons. The van der Waals surface area contributed by atoms with Crippen LogP contribution in [0.4, 0.5) is 0 Å². The molecule has 0 unspecified atom stereocenters. The van der Waals surface area contributed by atoms with E-state index < -0.39 is 0 Å². The van der Waals surface area contributed by atoms with Crippen molar-refractivity contribution in [2.75, 3.05) is 0 Å². The second-order valence-electron chi connectivity index (χ2n) is 6.16. The summed E-state index contributed by atoms with van der Waals surface area (Å²) in [7, 11) is 0. The largest absolute Gasteiger partial charge is 0.0616 e. The Hall–Kier alpha value is -3.12. The first kappa shape index (κ1) is 13.3. The first-order chi connectivity index (χ1) is 11.9. The van der Waals surface area contributed by atoms with Gasteiger partial charge in [-0.3, -0.25) is 0 Å². The lowest BCUT2D eigenvalue weighted by molar-refractivity contribution is 1.69. The molecule has 0 heterocycles. The molecule has 0 heteroatoms. The standard InChI is InChI=1S/C24H15/c1-2-8-18-15-20(14-13-17(18)7-1)24-16-19-9-3-4-10-21(19)22-11-5-6-12-23(22)24/h1-6,8-16H. The van der Waals surface area contributed by atoms with Gasteiger partial charge in [-0.15, -0.1) is 0 Å². The first-order valence-electron chi connectivity index (χ1n) is 8.21. The minimum Gasteiger partial charge on any atom is -0.0616 e. The Labute approximate surface area is 141 Å². The molecule has 0 saturated heterocycles. The Kier molecular flexibility index (Phi) is 2.89. The quantitative estimate of drug-likeness (QED) is 0.305. The van der Waals surface area contributed by atoms with Crippen LogP contribution in [0.25, 0.3) is 43.4 Å². The van der Waals surface area contributed by atoms with Gasteiger partial charge in [-0.25, -0.2) is 0 Å². The van der Waals surface area contributed by atoms with Crippen molar-refractivity contribution >= 4 is 32.3 Å². The lowest BCUT2D eigenvalue weighted by Crippen LogP contribution is -1.85. The highest BCUT2D eigenvalue weighted by Gasteiger charge is 2.08. The van der Waals surface area contributed by atoms with Gasteiger partial charge in [0.05, 0.1) is 0 Å². The van der Waals surface area contributed by atoms with Gasteiger partial charge in [0.1, 0.15) is 0 Å². The molecule has 1 radical (unpaired) electrons. The lowest BCUT2D eigenvalue weighted by atomic mass is 9.92. The van der Waals surface area contributed by atoms with Gasteiger partial charge in [0.2, 0.25) is 0 Å². The zero-order valence-electron chi connectivity index (χ0n) is 13.2. The van der Waals surface area contributed by atoms with Crippen LogP contribution in [0.1, 0.15) is 0 Å². The highest BCUT2D eigenvalue weighted by atomic mass is 14.1. The van der Waals surface area contributed by atoms with Gasteiger partial charge < -0.3 is 0 Å². The zero-order valence-corrected chi connectivity index (χ0v) is 13.2. The van der Waals surface area contributed by atoms with Crippen molar-refractivity contribution in [2.24, 2.45) is 0 Å². The van der Waals surface area contributed by atoms with E-state index in [0.717, 1.165) is 5.39 Å². The number of hydrogen-bond donors (Lipinski definition) is 0. The van der Waals surface area contributed by atoms with Crippen LogP contribution in [0.3, 0.4) is 0 Å². The maximum Gasteiger partial charge on any atom is -0.00988 e. The normalized spacial score (nSPS) is 11.3. The molecule has 0 amide bonds. The summed E-state index contributed by atoms with van der Waals surface area (Å²) in [5, 5.41) is 7.59. The van der Waals surface area contributed by atoms with Crippen LogP contribution < -0.4 is 0 Å². The SMILES string of the molecule is [c]1cccc2cc(-c3cc4ccccc4c4ccccc34)ccc12. The maximum atomic E-state index is 3.30. The molecule has 0 nitrogen and oxygen atoms in total. The fourth-order valence-electron chi connectivity index (χ4n) is 3.58. The Bertz CT molecular complexity index is 1200. The molecular formula is C24H15. The van der Waals surface area contributed by atoms with E-state index >= 15 is 0 Å². The third-order valence-electron chi connectivity index (χ3n) is 4.74. The van der Waals surface area contributed by atoms with Gasteiger partial charge in [-0.1, -0.05) is 78.9 Å². The third-order valence-corrected chi connectivity index (χ3v) is 4.74. The number of hydrogen-bond acceptors (Lipinski definition) is 0. The second kappa shape index (κ2) is 5.21. The molecule has 0 saturated carbocycles. The summed E-state index contributed by atoms with van der Waals surface area (Å²) < 4.78 is 0. The minimum atomic E-state index is 1.16. The molecular weight excluding hydrogens is 288 g/mol. The summed E-state index contributed by atoms with van der Waals surface area (Å²) in [5.74, 6) is 0. The van der Waals surface area contributed by atoms with Gasteiger partial charge in [0.15, 0.2) is 0 Å². The Morgan fingerprint density at radius 3 is 2.21 bits per heavy atom. The topological polar surface area (TPSA) is 0 Å². The van der Waals surface area contributed by atoms with Gasteiger partial charge in [0.25, 0.3) is 0 Å². The van der Waals surface area contributed by atoms with Crippen molar-refractivity contribution in [3.05, 3.63) is 97.1 Å². The summed E-state index contributed by atoms with van der Waals surface area (Å²) in [5.41, 5.74) is 2.54. The summed E-state index contributed by atoms with van der Waals surface area (Å²) in [6, 6.07) is 35.7. The summed E-state index contributed by atoms with van der Waals surface area (Å²) in [6.07, 6.45) is 0. The van der Waals surface area contributed by atoms with Crippen molar-refractivity contribution in [1.82, 2.24) is 0 Å². The zero-order chi connectivity index (χ0) is 15.9. The van der Waals surface area contributed by atoms with Gasteiger partial charge in [0, 0.05) is 0 Å². The maximum absolute atomic E-state index is 3.30. The van der Waals surface area contributed by atoms with E-state index in [1.807, 2.05) is 12.1 Å². The average molecular weight is 303 g/mol. The molecule has 0 aromatic heterocycles. The molecule has 0 aliphatic rings. The minimum absolute atomic E-state index is 1.16. The highest BCUT2D eigenvalue weighted by molar-refractivity contribution is 6.14. The molecule has 0 aliphatic carbocycles. The van der Waals surface area contributed by atoms with Crippen LogP contribution in [-0.4, -0.2) is 0 Å². The second-order valence-corrected chi connectivity index (χ2v) is 6.16. The molecule has 0 aliphatic heterocycles. The van der Waals surface area contributed by atoms with Crippen molar-refractivity contribution in [3.63, 3.8) is 0 Å². The van der Waals surface area contributed by atoms with Crippen LogP contribution in [0.2, 0.25) is 0 Å². The van der Waals surface area contributed by atoms with Crippen molar-refractivity contribution < 1.29 is 0 Å². The number of fused-ring (bicyclic) bond motifs is 4. The summed E-state index contributed by atoms with van der Waals surface area (Å²) in [4.78, 5) is 0. The molecule has 5 aromatic carbocycles. The highest BCUT2D eigenvalue weighted by Crippen LogP contribution is 2.35. The van der Waals surface area contributed by atoms with E-state index in [-0.39, 0.29) is 0 Å². The summed E-state index contributed by atoms with van der Waals surface area (Å²) >= 11 is 0. The van der Waals surface area contributed by atoms with E-state index in [2.05, 4.69) is 84.9 Å². The molecule has 0 N–H and O–H groups in total. The van der Waals surface area contributed by atoms with E-state index in [1.54, 1.807) is 0 Å². The van der Waals surface area contributed by atoms with Crippen molar-refractivity contribution in [2.45, 2.75) is 0 Å². The molecule has 0 fully saturated rings. The van der Waals surface area contributed by atoms with Gasteiger partial charge in [-0.05, 0) is 61.6 Å². The Morgan fingerprint density at radius 1 is 0.542 bits per heavy atom. The van der Waals surface area contributed by atoms with Crippen LogP contribution in [0.15, 0.2) is 91.0 Å². The van der Waals surface area contributed by atoms with Gasteiger partial charge >= 0.3 is 0 Å². The lowest BCUT2D eigenvalue weighted by Gasteiger charge is -2.11. The Morgan fingerprint density at radius 2 is 1.29 bits per heavy atom. The van der Waals surface area contributed by atoms with E-state index in [9.17, 15) is 0 Å². The Balaban J connectivity index is 1.89. The molecule has 5 aromatic rings. The third kappa shape index (κ3) is 2.00. The molecule has 0 spiro atoms. The number of rotatable bonds is 1. The van der Waals surface area contributed by atoms with Crippen LogP contribution >= 0.6 is 0 Å². The molecule has 0 bridgehead atoms.